The van der Waals surface area contributed by atoms with Gasteiger partial charge < -0.3 is 25.2 Å². The first-order chi connectivity index (χ1) is 8.51. The molecule has 1 amide bonds. The predicted octanol–water partition coefficient (Wildman–Crippen LogP) is 0.277. The average molecular weight is 276 g/mol. The number of hydrogen-bond donors (Lipinski definition) is 3. The number of likely N-dealkylation sites (N-methyl/N-ethyl adjacent to an activating group) is 1. The smallest absolute Gasteiger partial charge is 0.408 e. The Morgan fingerprint density at radius 2 is 1.84 bits per heavy atom. The third-order valence-electron chi connectivity index (χ3n) is 2.07. The number of carbonyl (C=O) groups is 2. The molecule has 0 aliphatic rings. The van der Waals surface area contributed by atoms with Crippen molar-refractivity contribution in [3.63, 3.8) is 0 Å². The summed E-state index contributed by atoms with van der Waals surface area (Å²) in [6.07, 6.45) is -1.73. The Morgan fingerprint density at radius 1 is 1.32 bits per heavy atom. The molecule has 0 heterocycles. The second kappa shape index (κ2) is 7.30. The van der Waals surface area contributed by atoms with Crippen LogP contribution in [0, 0.1) is 0 Å². The Hall–Kier alpha value is -1.34. The van der Waals surface area contributed by atoms with E-state index in [4.69, 9.17) is 9.84 Å². The van der Waals surface area contributed by atoms with Gasteiger partial charge in [-0.05, 0) is 34.9 Å². The van der Waals surface area contributed by atoms with E-state index in [0.29, 0.717) is 6.54 Å². The maximum atomic E-state index is 11.5. The van der Waals surface area contributed by atoms with Gasteiger partial charge in [0.25, 0.3) is 0 Å². The summed E-state index contributed by atoms with van der Waals surface area (Å²) in [4.78, 5) is 24.2. The molecule has 0 aliphatic carbocycles. The van der Waals surface area contributed by atoms with Crippen molar-refractivity contribution in [1.82, 2.24) is 10.2 Å². The van der Waals surface area contributed by atoms with Gasteiger partial charge in [-0.25, -0.2) is 9.59 Å². The number of aliphatic hydroxyl groups excluding tert-OH is 1. The van der Waals surface area contributed by atoms with E-state index in [9.17, 15) is 14.7 Å². The van der Waals surface area contributed by atoms with Crippen molar-refractivity contribution in [2.45, 2.75) is 44.9 Å². The van der Waals surface area contributed by atoms with Crippen molar-refractivity contribution in [2.75, 3.05) is 20.6 Å². The van der Waals surface area contributed by atoms with Crippen molar-refractivity contribution in [3.8, 4) is 0 Å². The minimum atomic E-state index is -1.20. The first-order valence-corrected chi connectivity index (χ1v) is 6.06. The van der Waals surface area contributed by atoms with Crippen LogP contribution in [0.1, 0.15) is 27.2 Å². The van der Waals surface area contributed by atoms with Gasteiger partial charge in [-0.2, -0.15) is 0 Å². The lowest BCUT2D eigenvalue weighted by Gasteiger charge is -2.23. The van der Waals surface area contributed by atoms with Crippen LogP contribution in [-0.2, 0) is 9.53 Å². The third kappa shape index (κ3) is 9.26. The molecule has 112 valence electrons. The number of carbonyl (C=O) groups excluding carboxylic acids is 1. The molecule has 0 fully saturated rings. The topological polar surface area (TPSA) is 99.1 Å². The molecule has 0 radical (unpaired) electrons. The quantitative estimate of drug-likeness (QED) is 0.644. The molecule has 0 saturated carbocycles. The number of ether oxygens (including phenoxy) is 1. The molecule has 7 heteroatoms. The summed E-state index contributed by atoms with van der Waals surface area (Å²) in [6.45, 7) is 5.37. The number of nitrogens with zero attached hydrogens (tertiary/aromatic N) is 1. The summed E-state index contributed by atoms with van der Waals surface area (Å²) < 4.78 is 4.98. The fourth-order valence-electron chi connectivity index (χ4n) is 1.44. The van der Waals surface area contributed by atoms with Crippen molar-refractivity contribution in [3.05, 3.63) is 0 Å². The van der Waals surface area contributed by atoms with E-state index in [1.165, 1.54) is 0 Å². The Kier molecular flexibility index (Phi) is 6.78. The van der Waals surface area contributed by atoms with Crippen LogP contribution in [0.2, 0.25) is 0 Å². The van der Waals surface area contributed by atoms with E-state index >= 15 is 0 Å². The van der Waals surface area contributed by atoms with Gasteiger partial charge in [0, 0.05) is 13.0 Å². The molecule has 0 aromatic carbocycles. The highest BCUT2D eigenvalue weighted by Gasteiger charge is 2.26. The number of aliphatic hydroxyl groups is 1. The predicted molar refractivity (Wildman–Crippen MR) is 70.0 cm³/mol. The molecule has 2 unspecified atom stereocenters. The molecule has 0 saturated heterocycles. The zero-order valence-corrected chi connectivity index (χ0v) is 12.1. The number of rotatable bonds is 6. The second-order valence-corrected chi connectivity index (χ2v) is 5.69. The number of aliphatic carboxylic acids is 1. The van der Waals surface area contributed by atoms with Gasteiger partial charge in [0.1, 0.15) is 11.6 Å². The number of carboxylic acids is 1. The lowest BCUT2D eigenvalue weighted by Crippen LogP contribution is -2.46. The number of alkyl carbamates (subject to hydrolysis) is 1. The number of amides is 1. The fraction of sp³-hybridized carbons (Fsp3) is 0.833. The molecule has 2 atom stereocenters. The van der Waals surface area contributed by atoms with Gasteiger partial charge >= 0.3 is 12.1 Å². The Bertz CT molecular complexity index is 312. The maximum Gasteiger partial charge on any atom is 0.408 e. The molecule has 3 N–H and O–H groups in total. The van der Waals surface area contributed by atoms with Crippen molar-refractivity contribution >= 4 is 12.1 Å². The molecular formula is C12H24N2O5. The third-order valence-corrected chi connectivity index (χ3v) is 2.07. The van der Waals surface area contributed by atoms with Gasteiger partial charge in [0.2, 0.25) is 0 Å². The average Bonchev–Trinajstić information content (AvgIpc) is 2.11. The van der Waals surface area contributed by atoms with E-state index in [0.717, 1.165) is 0 Å². The summed E-state index contributed by atoms with van der Waals surface area (Å²) in [5.41, 5.74) is -0.699. The molecule has 0 spiro atoms. The zero-order chi connectivity index (χ0) is 15.2. The highest BCUT2D eigenvalue weighted by molar-refractivity contribution is 5.80. The summed E-state index contributed by atoms with van der Waals surface area (Å²) in [5, 5.41) is 20.9. The summed E-state index contributed by atoms with van der Waals surface area (Å²) in [7, 11) is 3.53. The minimum absolute atomic E-state index is 0.0766. The van der Waals surface area contributed by atoms with E-state index in [1.54, 1.807) is 39.8 Å². The standard InChI is InChI=1S/C12H24N2O5/c1-12(2,3)19-11(18)13-9(10(16)17)6-8(15)7-14(4)5/h8-9,15H,6-7H2,1-5H3,(H,13,18)(H,16,17). The van der Waals surface area contributed by atoms with Crippen LogP contribution >= 0.6 is 0 Å². The van der Waals surface area contributed by atoms with Crippen LogP contribution in [0.4, 0.5) is 4.79 Å². The van der Waals surface area contributed by atoms with Gasteiger partial charge in [-0.3, -0.25) is 0 Å². The lowest BCUT2D eigenvalue weighted by atomic mass is 10.1. The molecule has 0 aliphatic heterocycles. The summed E-state index contributed by atoms with van der Waals surface area (Å²) in [5.74, 6) is -1.20. The highest BCUT2D eigenvalue weighted by atomic mass is 16.6. The summed E-state index contributed by atoms with van der Waals surface area (Å²) in [6, 6.07) is -1.18. The molecule has 0 aromatic heterocycles. The van der Waals surface area contributed by atoms with Crippen LogP contribution in [-0.4, -0.2) is 65.6 Å². The molecule has 19 heavy (non-hydrogen) atoms. The van der Waals surface area contributed by atoms with Crippen LogP contribution in [0.15, 0.2) is 0 Å². The van der Waals surface area contributed by atoms with Crippen molar-refractivity contribution in [1.29, 1.82) is 0 Å². The highest BCUT2D eigenvalue weighted by Crippen LogP contribution is 2.08. The second-order valence-electron chi connectivity index (χ2n) is 5.69. The van der Waals surface area contributed by atoms with Crippen LogP contribution in [0.25, 0.3) is 0 Å². The molecule has 0 rings (SSSR count). The number of hydrogen-bond acceptors (Lipinski definition) is 5. The first kappa shape index (κ1) is 17.7. The molecule has 0 bridgehead atoms. The van der Waals surface area contributed by atoms with Crippen LogP contribution in [0.5, 0.6) is 0 Å². The van der Waals surface area contributed by atoms with E-state index in [1.807, 2.05) is 0 Å². The fourth-order valence-corrected chi connectivity index (χ4v) is 1.44. The number of nitrogens with one attached hydrogen (secondary N) is 1. The zero-order valence-electron chi connectivity index (χ0n) is 12.1. The van der Waals surface area contributed by atoms with Gasteiger partial charge in [-0.1, -0.05) is 0 Å². The van der Waals surface area contributed by atoms with E-state index in [-0.39, 0.29) is 6.42 Å². The SMILES string of the molecule is CN(C)CC(O)CC(NC(=O)OC(C)(C)C)C(=O)O. The van der Waals surface area contributed by atoms with Gasteiger partial charge in [0.15, 0.2) is 0 Å². The van der Waals surface area contributed by atoms with Crippen LogP contribution in [0.3, 0.4) is 0 Å². The minimum Gasteiger partial charge on any atom is -0.480 e. The van der Waals surface area contributed by atoms with Gasteiger partial charge in [-0.15, -0.1) is 0 Å². The monoisotopic (exact) mass is 276 g/mol. The Morgan fingerprint density at radius 3 is 2.21 bits per heavy atom. The van der Waals surface area contributed by atoms with Crippen molar-refractivity contribution in [2.24, 2.45) is 0 Å². The Balaban J connectivity index is 4.42. The normalized spacial score (nSPS) is 14.9. The van der Waals surface area contributed by atoms with E-state index < -0.39 is 29.8 Å². The maximum absolute atomic E-state index is 11.5. The first-order valence-electron chi connectivity index (χ1n) is 6.06. The largest absolute Gasteiger partial charge is 0.480 e. The van der Waals surface area contributed by atoms with E-state index in [2.05, 4.69) is 5.32 Å². The Labute approximate surface area is 113 Å². The molecule has 7 nitrogen and oxygen atoms in total. The lowest BCUT2D eigenvalue weighted by molar-refractivity contribution is -0.140. The van der Waals surface area contributed by atoms with Crippen LogP contribution < -0.4 is 5.32 Å². The van der Waals surface area contributed by atoms with Gasteiger partial charge in [0.05, 0.1) is 6.10 Å². The molecular weight excluding hydrogens is 252 g/mol. The summed E-state index contributed by atoms with van der Waals surface area (Å²) >= 11 is 0. The number of carboxylic acid groups (broad SMARTS) is 1. The molecule has 0 aromatic rings. The van der Waals surface area contributed by atoms with Crippen molar-refractivity contribution < 1.29 is 24.5 Å².